The highest BCUT2D eigenvalue weighted by molar-refractivity contribution is 7.33. The summed E-state index contributed by atoms with van der Waals surface area (Å²) in [6.07, 6.45) is -3.05. The fraction of sp³-hybridized carbons (Fsp3) is 0.667. The van der Waals surface area contributed by atoms with Gasteiger partial charge in [-0.15, -0.1) is 0 Å². The molecule has 0 saturated heterocycles. The predicted molar refractivity (Wildman–Crippen MR) is 50.4 cm³/mol. The molecule has 0 aliphatic carbocycles. The normalized spacial score (nSPS) is 15.9. The lowest BCUT2D eigenvalue weighted by Crippen LogP contribution is -2.19. The number of nitrogens with zero attached hydrogens (tertiary/aromatic N) is 2. The van der Waals surface area contributed by atoms with Crippen LogP contribution in [0.4, 0.5) is 0 Å². The molecule has 16 heavy (non-hydrogen) atoms. The smallest absolute Gasteiger partial charge is 0.295 e. The van der Waals surface area contributed by atoms with Crippen LogP contribution in [0.5, 0.6) is 0 Å². The van der Waals surface area contributed by atoms with Gasteiger partial charge in [0.1, 0.15) is 0 Å². The van der Waals surface area contributed by atoms with Crippen LogP contribution in [0.3, 0.4) is 0 Å². The third-order valence-electron chi connectivity index (χ3n) is 1.35. The molecule has 0 bridgehead atoms. The van der Waals surface area contributed by atoms with Crippen molar-refractivity contribution in [1.29, 1.82) is 11.1 Å². The van der Waals surface area contributed by atoms with Crippen LogP contribution in [0.1, 0.15) is 13.8 Å². The third kappa shape index (κ3) is 4.96. The van der Waals surface area contributed by atoms with E-state index < -0.39 is 32.3 Å². The van der Waals surface area contributed by atoms with Crippen molar-refractivity contribution in [3.05, 3.63) is 0 Å². The van der Waals surface area contributed by atoms with Crippen molar-refractivity contribution >= 4 is 19.8 Å². The summed E-state index contributed by atoms with van der Waals surface area (Å²) >= 11 is 0. The molecular formula is C6H11N4O5P. The van der Waals surface area contributed by atoms with E-state index in [1.165, 1.54) is 0 Å². The maximum Gasteiger partial charge on any atom is 0.323 e. The number of rotatable bonds is 8. The van der Waals surface area contributed by atoms with Crippen molar-refractivity contribution in [1.82, 2.24) is 0 Å². The Balaban J connectivity index is 4.36. The molecule has 0 fully saturated rings. The molecule has 10 heteroatoms. The van der Waals surface area contributed by atoms with Gasteiger partial charge in [-0.2, -0.15) is 10.2 Å². The molecule has 0 aliphatic rings. The Bertz CT molecular complexity index is 303. The number of nitrogens with one attached hydrogen (secondary N) is 2. The monoisotopic (exact) mass is 250 g/mol. The molecule has 2 N–H and O–H groups in total. The highest BCUT2D eigenvalue weighted by Crippen LogP contribution is 2.29. The van der Waals surface area contributed by atoms with E-state index in [9.17, 15) is 14.2 Å². The number of Topliss-reactive ketones (excluding diaryl/α,β-unsaturated/α-hetero) is 2. The van der Waals surface area contributed by atoms with Crippen LogP contribution in [0.15, 0.2) is 10.2 Å². The van der Waals surface area contributed by atoms with E-state index in [-0.39, 0.29) is 0 Å². The number of hydrogen-bond donors (Lipinski definition) is 2. The van der Waals surface area contributed by atoms with E-state index in [2.05, 4.69) is 19.3 Å². The molecule has 2 atom stereocenters. The zero-order valence-electron chi connectivity index (χ0n) is 8.59. The molecular weight excluding hydrogens is 239 g/mol. The molecule has 0 aromatic heterocycles. The zero-order valence-corrected chi connectivity index (χ0v) is 9.59. The van der Waals surface area contributed by atoms with Crippen molar-refractivity contribution in [2.45, 2.75) is 26.3 Å². The van der Waals surface area contributed by atoms with E-state index in [1.54, 1.807) is 0 Å². The molecule has 0 aliphatic heterocycles. The minimum atomic E-state index is -3.22. The highest BCUT2D eigenvalue weighted by Gasteiger charge is 2.21. The van der Waals surface area contributed by atoms with Crippen molar-refractivity contribution < 1.29 is 23.2 Å². The highest BCUT2D eigenvalue weighted by atomic mass is 31.1. The maximum absolute atomic E-state index is 11.1. The maximum atomic E-state index is 11.1. The van der Waals surface area contributed by atoms with E-state index in [0.717, 1.165) is 13.8 Å². The van der Waals surface area contributed by atoms with Gasteiger partial charge in [0, 0.05) is 0 Å². The van der Waals surface area contributed by atoms with E-state index >= 15 is 0 Å². The van der Waals surface area contributed by atoms with Crippen LogP contribution in [-0.4, -0.2) is 24.0 Å². The summed E-state index contributed by atoms with van der Waals surface area (Å²) in [5, 5.41) is 5.53. The molecule has 2 unspecified atom stereocenters. The largest absolute Gasteiger partial charge is 0.323 e. The van der Waals surface area contributed by atoms with Crippen molar-refractivity contribution in [2.24, 2.45) is 10.2 Å². The van der Waals surface area contributed by atoms with Gasteiger partial charge in [0.05, 0.1) is 0 Å². The first-order chi connectivity index (χ1) is 7.42. The summed E-state index contributed by atoms with van der Waals surface area (Å²) in [6, 6.07) is 0. The Morgan fingerprint density at radius 2 is 1.38 bits per heavy atom. The molecule has 0 aromatic rings. The van der Waals surface area contributed by atoms with Gasteiger partial charge in [0.25, 0.3) is 0 Å². The van der Waals surface area contributed by atoms with Crippen molar-refractivity contribution in [3.63, 3.8) is 0 Å². The molecule has 0 heterocycles. The Labute approximate surface area is 91.5 Å². The second-order valence-corrected chi connectivity index (χ2v) is 3.64. The summed E-state index contributed by atoms with van der Waals surface area (Å²) in [5.74, 6) is -1.25. The van der Waals surface area contributed by atoms with Gasteiger partial charge < -0.3 is 0 Å². The fourth-order valence-electron chi connectivity index (χ4n) is 0.611. The number of carbonyl (C=O) groups excluding carboxylic acids is 2. The Hall–Kier alpha value is -1.31. The zero-order chi connectivity index (χ0) is 12.7. The van der Waals surface area contributed by atoms with Crippen LogP contribution in [0, 0.1) is 11.1 Å². The van der Waals surface area contributed by atoms with E-state index in [4.69, 9.17) is 11.1 Å². The fourth-order valence-corrected chi connectivity index (χ4v) is 1.47. The summed E-state index contributed by atoms with van der Waals surface area (Å²) in [4.78, 5) is 21.5. The second kappa shape index (κ2) is 7.04. The van der Waals surface area contributed by atoms with Crippen LogP contribution < -0.4 is 0 Å². The minimum Gasteiger partial charge on any atom is -0.295 e. The Kier molecular flexibility index (Phi) is 6.47. The van der Waals surface area contributed by atoms with Crippen LogP contribution in [0.25, 0.3) is 0 Å². The lowest BCUT2D eigenvalue weighted by atomic mass is 10.4. The lowest BCUT2D eigenvalue weighted by Gasteiger charge is -2.11. The molecule has 90 valence electrons. The first-order valence-electron chi connectivity index (χ1n) is 4.03. The van der Waals surface area contributed by atoms with Gasteiger partial charge in [-0.25, -0.2) is 11.1 Å². The van der Waals surface area contributed by atoms with Crippen molar-refractivity contribution in [2.75, 3.05) is 0 Å². The molecule has 0 spiro atoms. The molecule has 0 radical (unpaired) electrons. The number of carbonyl (C=O) groups is 2. The topological polar surface area (TPSA) is 142 Å². The van der Waals surface area contributed by atoms with Gasteiger partial charge in [0.15, 0.2) is 11.6 Å². The van der Waals surface area contributed by atoms with Crippen LogP contribution in [-0.2, 0) is 23.2 Å². The van der Waals surface area contributed by atoms with Crippen molar-refractivity contribution in [3.8, 4) is 0 Å². The standard InChI is InChI=1S/C6H11N4O5P/c1-3(11)5(9-7)14-16(13)15-6(10-8)4(2)12/h5-8,16H,1-2H3. The minimum absolute atomic E-state index is 0.626. The first-order valence-corrected chi connectivity index (χ1v) is 5.26. The average Bonchev–Trinajstić information content (AvgIpc) is 2.21. The molecule has 0 aromatic carbocycles. The van der Waals surface area contributed by atoms with Crippen LogP contribution >= 0.6 is 8.25 Å². The van der Waals surface area contributed by atoms with Gasteiger partial charge in [-0.05, 0) is 13.8 Å². The summed E-state index contributed by atoms with van der Waals surface area (Å²) in [7, 11) is -3.22. The number of ketones is 2. The summed E-state index contributed by atoms with van der Waals surface area (Å²) in [6.45, 7) is 2.18. The quantitative estimate of drug-likeness (QED) is 0.493. The molecule has 9 nitrogen and oxygen atoms in total. The average molecular weight is 250 g/mol. The molecule has 0 rings (SSSR count). The third-order valence-corrected chi connectivity index (χ3v) is 2.18. The first kappa shape index (κ1) is 14.7. The van der Waals surface area contributed by atoms with E-state index in [1.807, 2.05) is 0 Å². The van der Waals surface area contributed by atoms with Gasteiger partial charge in [0.2, 0.25) is 12.5 Å². The van der Waals surface area contributed by atoms with Gasteiger partial charge >= 0.3 is 8.25 Å². The molecule has 0 amide bonds. The number of hydrogen-bond acceptors (Lipinski definition) is 9. The predicted octanol–water partition coefficient (Wildman–Crippen LogP) is 1.30. The molecule has 0 saturated carbocycles. The van der Waals surface area contributed by atoms with Crippen LogP contribution in [0.2, 0.25) is 0 Å². The lowest BCUT2D eigenvalue weighted by molar-refractivity contribution is -0.125. The van der Waals surface area contributed by atoms with Gasteiger partial charge in [-0.3, -0.25) is 23.2 Å². The van der Waals surface area contributed by atoms with E-state index in [0.29, 0.717) is 0 Å². The second-order valence-electron chi connectivity index (χ2n) is 2.67. The summed E-state index contributed by atoms with van der Waals surface area (Å²) in [5.41, 5.74) is 13.1. The SMILES string of the molecule is CC(=O)C(N=N)O[PH](=O)OC(N=N)C(C)=O. The Morgan fingerprint density at radius 1 is 1.06 bits per heavy atom. The van der Waals surface area contributed by atoms with Gasteiger partial charge in [-0.1, -0.05) is 0 Å². The summed E-state index contributed by atoms with van der Waals surface area (Å²) < 4.78 is 20.1. The Morgan fingerprint density at radius 3 is 1.56 bits per heavy atom.